The molecule has 0 aliphatic carbocycles. The summed E-state index contributed by atoms with van der Waals surface area (Å²) in [5, 5.41) is 18.2. The summed E-state index contributed by atoms with van der Waals surface area (Å²) >= 11 is 0. The molecule has 0 heterocycles. The molecule has 0 unspecified atom stereocenters. The molecule has 3 heteroatoms. The topological polar surface area (TPSA) is 49.7 Å². The van der Waals surface area contributed by atoms with Gasteiger partial charge in [0.1, 0.15) is 12.7 Å². The highest BCUT2D eigenvalue weighted by molar-refractivity contribution is 4.84. The standard InChI is InChI=1S/C11H20O3/c1-3-5-6-7-11(10(13)9-12)14-8-4-2/h2,10-13H,3,5-9H2,1H3/t10-,11+/m1/s1. The SMILES string of the molecule is C#CCO[C@@H](CCCCC)[C@H](O)CO. The van der Waals surface area contributed by atoms with Crippen LogP contribution in [0.3, 0.4) is 0 Å². The minimum atomic E-state index is -0.819. The highest BCUT2D eigenvalue weighted by Crippen LogP contribution is 2.10. The van der Waals surface area contributed by atoms with Crippen molar-refractivity contribution in [2.75, 3.05) is 13.2 Å². The van der Waals surface area contributed by atoms with Gasteiger partial charge in [0.05, 0.1) is 12.7 Å². The van der Waals surface area contributed by atoms with E-state index in [0.29, 0.717) is 0 Å². The smallest absolute Gasteiger partial charge is 0.107 e. The molecule has 3 nitrogen and oxygen atoms in total. The molecule has 0 rings (SSSR count). The van der Waals surface area contributed by atoms with Crippen molar-refractivity contribution in [2.45, 2.75) is 44.8 Å². The van der Waals surface area contributed by atoms with Gasteiger partial charge in [-0.25, -0.2) is 0 Å². The summed E-state index contributed by atoms with van der Waals surface area (Å²) < 4.78 is 5.24. The zero-order chi connectivity index (χ0) is 10.8. The van der Waals surface area contributed by atoms with Gasteiger partial charge < -0.3 is 14.9 Å². The van der Waals surface area contributed by atoms with Gasteiger partial charge in [0.15, 0.2) is 0 Å². The molecule has 0 fully saturated rings. The van der Waals surface area contributed by atoms with Crippen LogP contribution in [0.25, 0.3) is 0 Å². The van der Waals surface area contributed by atoms with E-state index in [4.69, 9.17) is 16.3 Å². The first-order chi connectivity index (χ1) is 6.76. The molecule has 0 saturated carbocycles. The van der Waals surface area contributed by atoms with Gasteiger partial charge in [-0.05, 0) is 6.42 Å². The lowest BCUT2D eigenvalue weighted by atomic mass is 10.1. The van der Waals surface area contributed by atoms with E-state index in [1.54, 1.807) is 0 Å². The average molecular weight is 200 g/mol. The van der Waals surface area contributed by atoms with Crippen LogP contribution in [0.5, 0.6) is 0 Å². The number of aliphatic hydroxyl groups is 2. The Morgan fingerprint density at radius 1 is 1.43 bits per heavy atom. The van der Waals surface area contributed by atoms with E-state index in [1.807, 2.05) is 0 Å². The van der Waals surface area contributed by atoms with Gasteiger partial charge in [0.2, 0.25) is 0 Å². The summed E-state index contributed by atoms with van der Waals surface area (Å²) in [6.07, 6.45) is 7.87. The zero-order valence-corrected chi connectivity index (χ0v) is 8.78. The minimum absolute atomic E-state index is 0.188. The molecule has 0 amide bonds. The molecular weight excluding hydrogens is 180 g/mol. The number of ether oxygens (including phenoxy) is 1. The molecule has 14 heavy (non-hydrogen) atoms. The Morgan fingerprint density at radius 3 is 2.64 bits per heavy atom. The van der Waals surface area contributed by atoms with Crippen molar-refractivity contribution in [3.8, 4) is 12.3 Å². The van der Waals surface area contributed by atoms with E-state index in [2.05, 4.69) is 12.8 Å². The molecule has 2 N–H and O–H groups in total. The van der Waals surface area contributed by atoms with Crippen molar-refractivity contribution in [1.29, 1.82) is 0 Å². The van der Waals surface area contributed by atoms with Crippen LogP contribution in [0.1, 0.15) is 32.6 Å². The normalized spacial score (nSPS) is 14.7. The van der Waals surface area contributed by atoms with Gasteiger partial charge in [-0.1, -0.05) is 32.1 Å². The van der Waals surface area contributed by atoms with Crippen LogP contribution in [0, 0.1) is 12.3 Å². The van der Waals surface area contributed by atoms with Crippen LogP contribution >= 0.6 is 0 Å². The second kappa shape index (κ2) is 9.01. The summed E-state index contributed by atoms with van der Waals surface area (Å²) in [5.41, 5.74) is 0. The van der Waals surface area contributed by atoms with E-state index in [9.17, 15) is 5.11 Å². The average Bonchev–Trinajstić information content (AvgIpc) is 2.22. The summed E-state index contributed by atoms with van der Waals surface area (Å²) in [5.74, 6) is 2.35. The molecule has 2 atom stereocenters. The summed E-state index contributed by atoms with van der Waals surface area (Å²) in [7, 11) is 0. The maximum absolute atomic E-state index is 9.40. The Labute approximate surface area is 86.1 Å². The Bertz CT molecular complexity index is 162. The van der Waals surface area contributed by atoms with Gasteiger partial charge in [0, 0.05) is 0 Å². The second-order valence-electron chi connectivity index (χ2n) is 3.30. The number of unbranched alkanes of at least 4 members (excludes halogenated alkanes) is 2. The summed E-state index contributed by atoms with van der Waals surface area (Å²) in [6.45, 7) is 2.02. The molecule has 0 aromatic heterocycles. The Balaban J connectivity index is 3.79. The van der Waals surface area contributed by atoms with Crippen LogP contribution in [0.2, 0.25) is 0 Å². The molecular formula is C11H20O3. The van der Waals surface area contributed by atoms with Gasteiger partial charge >= 0.3 is 0 Å². The van der Waals surface area contributed by atoms with Gasteiger partial charge in [-0.2, -0.15) is 0 Å². The quantitative estimate of drug-likeness (QED) is 0.453. The molecule has 0 aliphatic heterocycles. The van der Waals surface area contributed by atoms with Crippen LogP contribution in [-0.2, 0) is 4.74 Å². The zero-order valence-electron chi connectivity index (χ0n) is 8.78. The monoisotopic (exact) mass is 200 g/mol. The van der Waals surface area contributed by atoms with E-state index in [-0.39, 0.29) is 19.3 Å². The minimum Gasteiger partial charge on any atom is -0.394 e. The van der Waals surface area contributed by atoms with Gasteiger partial charge in [-0.3, -0.25) is 0 Å². The number of hydrogen-bond acceptors (Lipinski definition) is 3. The molecule has 0 aromatic carbocycles. The molecule has 82 valence electrons. The second-order valence-corrected chi connectivity index (χ2v) is 3.30. The molecule has 0 aromatic rings. The van der Waals surface area contributed by atoms with Crippen LogP contribution in [-0.4, -0.2) is 35.6 Å². The third-order valence-corrected chi connectivity index (χ3v) is 2.09. The van der Waals surface area contributed by atoms with E-state index >= 15 is 0 Å². The fraction of sp³-hybridized carbons (Fsp3) is 0.818. The lowest BCUT2D eigenvalue weighted by molar-refractivity contribution is -0.0519. The lowest BCUT2D eigenvalue weighted by Crippen LogP contribution is -2.32. The van der Waals surface area contributed by atoms with Crippen molar-refractivity contribution in [2.24, 2.45) is 0 Å². The van der Waals surface area contributed by atoms with Crippen LogP contribution < -0.4 is 0 Å². The predicted molar refractivity (Wildman–Crippen MR) is 55.8 cm³/mol. The predicted octanol–water partition coefficient (Wildman–Crippen LogP) is 0.938. The molecule has 0 spiro atoms. The van der Waals surface area contributed by atoms with Crippen molar-refractivity contribution in [1.82, 2.24) is 0 Å². The van der Waals surface area contributed by atoms with Crippen molar-refractivity contribution >= 4 is 0 Å². The molecule has 0 radical (unpaired) electrons. The highest BCUT2D eigenvalue weighted by Gasteiger charge is 2.17. The van der Waals surface area contributed by atoms with E-state index in [0.717, 1.165) is 25.7 Å². The fourth-order valence-electron chi connectivity index (χ4n) is 1.26. The molecule has 0 bridgehead atoms. The van der Waals surface area contributed by atoms with Crippen LogP contribution in [0.4, 0.5) is 0 Å². The first-order valence-corrected chi connectivity index (χ1v) is 5.10. The Hall–Kier alpha value is -0.560. The highest BCUT2D eigenvalue weighted by atomic mass is 16.5. The van der Waals surface area contributed by atoms with Gasteiger partial charge in [0.25, 0.3) is 0 Å². The molecule has 0 aliphatic rings. The summed E-state index contributed by atoms with van der Waals surface area (Å²) in [6, 6.07) is 0. The number of hydrogen-bond donors (Lipinski definition) is 2. The lowest BCUT2D eigenvalue weighted by Gasteiger charge is -2.20. The van der Waals surface area contributed by atoms with Crippen molar-refractivity contribution < 1.29 is 14.9 Å². The number of rotatable bonds is 8. The third-order valence-electron chi connectivity index (χ3n) is 2.09. The summed E-state index contributed by atoms with van der Waals surface area (Å²) in [4.78, 5) is 0. The Morgan fingerprint density at radius 2 is 2.14 bits per heavy atom. The number of aliphatic hydroxyl groups excluding tert-OH is 2. The first kappa shape index (κ1) is 13.4. The first-order valence-electron chi connectivity index (χ1n) is 5.10. The maximum Gasteiger partial charge on any atom is 0.107 e. The van der Waals surface area contributed by atoms with Gasteiger partial charge in [-0.15, -0.1) is 6.42 Å². The van der Waals surface area contributed by atoms with E-state index < -0.39 is 6.10 Å². The third kappa shape index (κ3) is 5.98. The maximum atomic E-state index is 9.40. The fourth-order valence-corrected chi connectivity index (χ4v) is 1.26. The molecule has 0 saturated heterocycles. The van der Waals surface area contributed by atoms with E-state index in [1.165, 1.54) is 0 Å². The largest absolute Gasteiger partial charge is 0.394 e. The number of terminal acetylenes is 1. The Kier molecular flexibility index (Phi) is 8.65. The van der Waals surface area contributed by atoms with Crippen LogP contribution in [0.15, 0.2) is 0 Å². The van der Waals surface area contributed by atoms with Crippen molar-refractivity contribution in [3.05, 3.63) is 0 Å². The van der Waals surface area contributed by atoms with Crippen molar-refractivity contribution in [3.63, 3.8) is 0 Å².